The van der Waals surface area contributed by atoms with E-state index < -0.39 is 11.6 Å². The molecule has 1 atom stereocenters. The van der Waals surface area contributed by atoms with Crippen LogP contribution in [0.4, 0.5) is 8.78 Å². The Morgan fingerprint density at radius 1 is 1.05 bits per heavy atom. The first kappa shape index (κ1) is 15.6. The molecule has 0 amide bonds. The molecule has 2 aromatic carbocycles. The second-order valence-corrected chi connectivity index (χ2v) is 5.06. The van der Waals surface area contributed by atoms with Gasteiger partial charge in [0.05, 0.1) is 0 Å². The molecule has 2 aromatic rings. The van der Waals surface area contributed by atoms with Gasteiger partial charge >= 0.3 is 0 Å². The fraction of sp³-hybridized carbons (Fsp3) is 0.294. The molecule has 112 valence electrons. The highest BCUT2D eigenvalue weighted by molar-refractivity contribution is 5.23. The Hall–Kier alpha value is -1.78. The maximum atomic E-state index is 14.0. The summed E-state index contributed by atoms with van der Waals surface area (Å²) < 4.78 is 27.4. The molecule has 0 radical (unpaired) electrons. The minimum atomic E-state index is -0.813. The van der Waals surface area contributed by atoms with Gasteiger partial charge in [-0.15, -0.1) is 0 Å². The Balaban J connectivity index is 2.23. The predicted molar refractivity (Wildman–Crippen MR) is 80.7 cm³/mol. The average molecular weight is 290 g/mol. The van der Waals surface area contributed by atoms with E-state index in [1.165, 1.54) is 6.07 Å². The van der Waals surface area contributed by atoms with Crippen molar-refractivity contribution in [1.29, 1.82) is 0 Å². The van der Waals surface area contributed by atoms with Crippen molar-refractivity contribution in [2.45, 2.75) is 19.5 Å². The third-order valence-electron chi connectivity index (χ3n) is 3.62. The molecular formula is C17H20F2N2. The molecule has 0 bridgehead atoms. The molecule has 0 aromatic heterocycles. The third kappa shape index (κ3) is 3.86. The van der Waals surface area contributed by atoms with E-state index in [0.717, 1.165) is 11.6 Å². The van der Waals surface area contributed by atoms with Crippen molar-refractivity contribution in [3.63, 3.8) is 0 Å². The first-order chi connectivity index (χ1) is 10.1. The van der Waals surface area contributed by atoms with Gasteiger partial charge in [-0.05, 0) is 18.6 Å². The van der Waals surface area contributed by atoms with Crippen LogP contribution in [0.25, 0.3) is 0 Å². The van der Waals surface area contributed by atoms with Gasteiger partial charge in [0.1, 0.15) is 0 Å². The summed E-state index contributed by atoms with van der Waals surface area (Å²) in [4.78, 5) is 2.05. The normalized spacial score (nSPS) is 12.6. The van der Waals surface area contributed by atoms with Gasteiger partial charge in [-0.1, -0.05) is 42.5 Å². The molecule has 0 aliphatic rings. The number of rotatable bonds is 6. The van der Waals surface area contributed by atoms with Gasteiger partial charge in [-0.2, -0.15) is 0 Å². The molecule has 21 heavy (non-hydrogen) atoms. The molecule has 2 nitrogen and oxygen atoms in total. The average Bonchev–Trinajstić information content (AvgIpc) is 2.50. The minimum Gasteiger partial charge on any atom is -0.329 e. The van der Waals surface area contributed by atoms with Gasteiger partial charge in [0.15, 0.2) is 11.6 Å². The molecule has 1 unspecified atom stereocenters. The Morgan fingerprint density at radius 2 is 1.76 bits per heavy atom. The SMILES string of the molecule is CC(c1cccc(F)c1F)N(CCN)Cc1ccccc1. The van der Waals surface area contributed by atoms with Crippen molar-refractivity contribution in [2.24, 2.45) is 5.73 Å². The number of halogens is 2. The molecular weight excluding hydrogens is 270 g/mol. The zero-order valence-electron chi connectivity index (χ0n) is 12.1. The molecule has 0 saturated heterocycles. The lowest BCUT2D eigenvalue weighted by atomic mass is 10.0. The van der Waals surface area contributed by atoms with Crippen LogP contribution in [0.2, 0.25) is 0 Å². The smallest absolute Gasteiger partial charge is 0.163 e. The summed E-state index contributed by atoms with van der Waals surface area (Å²) in [6, 6.07) is 13.9. The van der Waals surface area contributed by atoms with E-state index in [9.17, 15) is 8.78 Å². The second kappa shape index (κ2) is 7.29. The summed E-state index contributed by atoms with van der Waals surface area (Å²) in [6.45, 7) is 3.60. The van der Waals surface area contributed by atoms with Gasteiger partial charge in [0, 0.05) is 31.2 Å². The number of nitrogens with zero attached hydrogens (tertiary/aromatic N) is 1. The quantitative estimate of drug-likeness (QED) is 0.882. The molecule has 0 aliphatic carbocycles. The Kier molecular flexibility index (Phi) is 5.42. The van der Waals surface area contributed by atoms with E-state index in [1.54, 1.807) is 6.07 Å². The van der Waals surface area contributed by atoms with E-state index in [0.29, 0.717) is 25.2 Å². The minimum absolute atomic E-state index is 0.246. The van der Waals surface area contributed by atoms with Gasteiger partial charge in [0.2, 0.25) is 0 Å². The predicted octanol–water partition coefficient (Wildman–Crippen LogP) is 3.49. The van der Waals surface area contributed by atoms with Gasteiger partial charge in [-0.25, -0.2) is 8.78 Å². The molecule has 0 aliphatic heterocycles. The number of benzene rings is 2. The maximum Gasteiger partial charge on any atom is 0.163 e. The number of hydrogen-bond acceptors (Lipinski definition) is 2. The fourth-order valence-electron chi connectivity index (χ4n) is 2.43. The summed E-state index contributed by atoms with van der Waals surface area (Å²) in [5, 5.41) is 0. The lowest BCUT2D eigenvalue weighted by Gasteiger charge is -2.29. The summed E-state index contributed by atoms with van der Waals surface area (Å²) in [5.74, 6) is -1.59. The van der Waals surface area contributed by atoms with Crippen molar-refractivity contribution in [1.82, 2.24) is 4.90 Å². The van der Waals surface area contributed by atoms with Crippen LogP contribution >= 0.6 is 0 Å². The van der Waals surface area contributed by atoms with E-state index in [4.69, 9.17) is 5.73 Å². The van der Waals surface area contributed by atoms with E-state index in [1.807, 2.05) is 42.2 Å². The van der Waals surface area contributed by atoms with Gasteiger partial charge in [0.25, 0.3) is 0 Å². The monoisotopic (exact) mass is 290 g/mol. The zero-order valence-corrected chi connectivity index (χ0v) is 12.1. The van der Waals surface area contributed by atoms with Crippen LogP contribution in [-0.4, -0.2) is 18.0 Å². The van der Waals surface area contributed by atoms with Gasteiger partial charge in [-0.3, -0.25) is 4.90 Å². The number of nitrogens with two attached hydrogens (primary N) is 1. The van der Waals surface area contributed by atoms with Gasteiger partial charge < -0.3 is 5.73 Å². The van der Waals surface area contributed by atoms with Crippen molar-refractivity contribution >= 4 is 0 Å². The molecule has 4 heteroatoms. The van der Waals surface area contributed by atoms with E-state index in [-0.39, 0.29) is 6.04 Å². The van der Waals surface area contributed by atoms with Crippen molar-refractivity contribution < 1.29 is 8.78 Å². The topological polar surface area (TPSA) is 29.3 Å². The maximum absolute atomic E-state index is 14.0. The van der Waals surface area contributed by atoms with Crippen LogP contribution in [0.5, 0.6) is 0 Å². The second-order valence-electron chi connectivity index (χ2n) is 5.06. The lowest BCUT2D eigenvalue weighted by Crippen LogP contribution is -2.32. The van der Waals surface area contributed by atoms with Crippen molar-refractivity contribution in [3.05, 3.63) is 71.3 Å². The summed E-state index contributed by atoms with van der Waals surface area (Å²) in [6.07, 6.45) is 0. The van der Waals surface area contributed by atoms with E-state index in [2.05, 4.69) is 0 Å². The molecule has 0 spiro atoms. The van der Waals surface area contributed by atoms with Crippen LogP contribution in [0, 0.1) is 11.6 Å². The summed E-state index contributed by atoms with van der Waals surface area (Å²) in [5.41, 5.74) is 7.14. The van der Waals surface area contributed by atoms with Crippen LogP contribution < -0.4 is 5.73 Å². The Morgan fingerprint density at radius 3 is 2.43 bits per heavy atom. The van der Waals surface area contributed by atoms with Crippen molar-refractivity contribution in [2.75, 3.05) is 13.1 Å². The van der Waals surface area contributed by atoms with Crippen LogP contribution in [0.1, 0.15) is 24.1 Å². The molecule has 0 saturated carbocycles. The third-order valence-corrected chi connectivity index (χ3v) is 3.62. The Labute approximate surface area is 124 Å². The lowest BCUT2D eigenvalue weighted by molar-refractivity contribution is 0.202. The number of hydrogen-bond donors (Lipinski definition) is 1. The zero-order chi connectivity index (χ0) is 15.2. The molecule has 0 heterocycles. The summed E-state index contributed by atoms with van der Waals surface area (Å²) in [7, 11) is 0. The summed E-state index contributed by atoms with van der Waals surface area (Å²) >= 11 is 0. The van der Waals surface area contributed by atoms with Crippen LogP contribution in [-0.2, 0) is 6.54 Å². The first-order valence-electron chi connectivity index (χ1n) is 7.05. The highest BCUT2D eigenvalue weighted by atomic mass is 19.2. The van der Waals surface area contributed by atoms with Crippen LogP contribution in [0.15, 0.2) is 48.5 Å². The largest absolute Gasteiger partial charge is 0.329 e. The standard InChI is InChI=1S/C17H20F2N2/c1-13(15-8-5-9-16(18)17(15)19)21(11-10-20)12-14-6-3-2-4-7-14/h2-9,13H,10-12,20H2,1H3. The van der Waals surface area contributed by atoms with Crippen LogP contribution in [0.3, 0.4) is 0 Å². The highest BCUT2D eigenvalue weighted by Crippen LogP contribution is 2.25. The molecule has 2 rings (SSSR count). The fourth-order valence-corrected chi connectivity index (χ4v) is 2.43. The molecule has 2 N–H and O–H groups in total. The Bertz CT molecular complexity index is 572. The van der Waals surface area contributed by atoms with Crippen molar-refractivity contribution in [3.8, 4) is 0 Å². The molecule has 0 fully saturated rings. The van der Waals surface area contributed by atoms with E-state index >= 15 is 0 Å². The highest BCUT2D eigenvalue weighted by Gasteiger charge is 2.20. The first-order valence-corrected chi connectivity index (χ1v) is 7.05.